The standard InChI is InChI=1S/C11H12F2N2O2.C6H4Br2O.C2H6/c1-3-14-15-10(16)8-4-6-9(7-5-8)17-11(2,12)13;7-4-2-1-3-5(8)6(4)9;1-2/h3-7H,1-2H3,(H,15,16);1-3,9H;1-2H3/b14-3+;;. The monoisotopic (exact) mass is 522 g/mol. The van der Waals surface area contributed by atoms with Crippen LogP contribution < -0.4 is 10.2 Å². The first-order chi connectivity index (χ1) is 13.1. The van der Waals surface area contributed by atoms with Crippen molar-refractivity contribution in [3.63, 3.8) is 0 Å². The predicted octanol–water partition coefficient (Wildman–Crippen LogP) is 6.36. The van der Waals surface area contributed by atoms with Crippen molar-refractivity contribution in [3.8, 4) is 11.5 Å². The average Bonchev–Trinajstić information content (AvgIpc) is 2.65. The van der Waals surface area contributed by atoms with E-state index in [4.69, 9.17) is 5.11 Å². The first-order valence-corrected chi connectivity index (χ1v) is 9.80. The molecule has 0 unspecified atom stereocenters. The van der Waals surface area contributed by atoms with E-state index in [0.29, 0.717) is 21.4 Å². The van der Waals surface area contributed by atoms with E-state index in [9.17, 15) is 13.6 Å². The average molecular weight is 524 g/mol. The molecule has 9 heteroatoms. The molecule has 0 aliphatic carbocycles. The van der Waals surface area contributed by atoms with Gasteiger partial charge < -0.3 is 9.84 Å². The lowest BCUT2D eigenvalue weighted by atomic mass is 10.2. The van der Waals surface area contributed by atoms with Gasteiger partial charge in [0.05, 0.1) is 8.95 Å². The highest BCUT2D eigenvalue weighted by atomic mass is 79.9. The van der Waals surface area contributed by atoms with Crippen molar-refractivity contribution in [2.24, 2.45) is 5.10 Å². The highest BCUT2D eigenvalue weighted by Crippen LogP contribution is 2.30. The third-order valence-corrected chi connectivity index (χ3v) is 3.93. The number of nitrogens with zero attached hydrogens (tertiary/aromatic N) is 1. The largest absolute Gasteiger partial charge is 0.506 e. The van der Waals surface area contributed by atoms with Crippen LogP contribution in [-0.2, 0) is 0 Å². The van der Waals surface area contributed by atoms with E-state index in [-0.39, 0.29) is 11.5 Å². The first kappa shape index (κ1) is 26.0. The van der Waals surface area contributed by atoms with Crippen LogP contribution in [0.25, 0.3) is 0 Å². The fraction of sp³-hybridized carbons (Fsp3) is 0.263. The van der Waals surface area contributed by atoms with Gasteiger partial charge in [0.1, 0.15) is 11.5 Å². The Balaban J connectivity index is 0.000000556. The maximum Gasteiger partial charge on any atom is 0.394 e. The number of phenolic OH excluding ortho intramolecular Hbond substituents is 1. The van der Waals surface area contributed by atoms with Gasteiger partial charge in [-0.1, -0.05) is 19.9 Å². The second-order valence-corrected chi connectivity index (χ2v) is 6.54. The summed E-state index contributed by atoms with van der Waals surface area (Å²) in [5, 5.41) is 12.7. The quantitative estimate of drug-likeness (QED) is 0.362. The second-order valence-electron chi connectivity index (χ2n) is 4.83. The lowest BCUT2D eigenvalue weighted by Gasteiger charge is -2.12. The van der Waals surface area contributed by atoms with Gasteiger partial charge in [-0.3, -0.25) is 4.79 Å². The summed E-state index contributed by atoms with van der Waals surface area (Å²) < 4.78 is 30.8. The zero-order chi connectivity index (χ0) is 21.7. The number of aromatic hydroxyl groups is 1. The van der Waals surface area contributed by atoms with Crippen LogP contribution in [-0.4, -0.2) is 23.3 Å². The predicted molar refractivity (Wildman–Crippen MR) is 114 cm³/mol. The van der Waals surface area contributed by atoms with Crippen molar-refractivity contribution in [3.05, 3.63) is 57.0 Å². The zero-order valence-electron chi connectivity index (χ0n) is 15.8. The number of carbonyl (C=O) groups excluding carboxylic acids is 1. The summed E-state index contributed by atoms with van der Waals surface area (Å²) in [5.41, 5.74) is 2.57. The Labute approximate surface area is 180 Å². The van der Waals surface area contributed by atoms with Gasteiger partial charge in [-0.15, -0.1) is 0 Å². The smallest absolute Gasteiger partial charge is 0.394 e. The summed E-state index contributed by atoms with van der Waals surface area (Å²) in [4.78, 5) is 11.4. The molecule has 1 amide bonds. The van der Waals surface area contributed by atoms with Crippen molar-refractivity contribution < 1.29 is 23.4 Å². The third-order valence-electron chi connectivity index (χ3n) is 2.65. The number of hydrogen-bond donors (Lipinski definition) is 2. The van der Waals surface area contributed by atoms with E-state index in [1.54, 1.807) is 19.1 Å². The summed E-state index contributed by atoms with van der Waals surface area (Å²) in [7, 11) is 0. The van der Waals surface area contributed by atoms with Gasteiger partial charge >= 0.3 is 6.11 Å². The minimum absolute atomic E-state index is 0.00644. The Bertz CT molecular complexity index is 745. The van der Waals surface area contributed by atoms with E-state index < -0.39 is 12.0 Å². The highest BCUT2D eigenvalue weighted by Gasteiger charge is 2.23. The van der Waals surface area contributed by atoms with E-state index in [1.807, 2.05) is 19.9 Å². The topological polar surface area (TPSA) is 70.9 Å². The van der Waals surface area contributed by atoms with Crippen molar-refractivity contribution >= 4 is 44.0 Å². The molecule has 0 aliphatic heterocycles. The molecule has 154 valence electrons. The number of nitrogens with one attached hydrogen (secondary N) is 1. The molecular formula is C19H22Br2F2N2O3. The summed E-state index contributed by atoms with van der Waals surface area (Å²) in [6.45, 7) is 6.30. The highest BCUT2D eigenvalue weighted by molar-refractivity contribution is 9.11. The molecule has 0 saturated carbocycles. The number of benzene rings is 2. The van der Waals surface area contributed by atoms with Crippen molar-refractivity contribution in [1.29, 1.82) is 0 Å². The maximum atomic E-state index is 12.5. The second kappa shape index (κ2) is 13.2. The Hall–Kier alpha value is -2.00. The number of alkyl halides is 2. The molecule has 2 aromatic carbocycles. The van der Waals surface area contributed by atoms with Crippen LogP contribution in [0.1, 0.15) is 38.1 Å². The van der Waals surface area contributed by atoms with Crippen LogP contribution in [0.4, 0.5) is 8.78 Å². The normalized spacial score (nSPS) is 10.3. The molecule has 0 aliphatic rings. The zero-order valence-corrected chi connectivity index (χ0v) is 19.0. The molecule has 0 aromatic heterocycles. The number of phenols is 1. The molecule has 0 atom stereocenters. The SMILES string of the molecule is C/C=N/NC(=O)c1ccc(OC(C)(F)F)cc1.CC.Oc1c(Br)cccc1Br. The summed E-state index contributed by atoms with van der Waals surface area (Å²) >= 11 is 6.33. The van der Waals surface area contributed by atoms with Crippen LogP contribution in [0, 0.1) is 0 Å². The van der Waals surface area contributed by atoms with Gasteiger partial charge in [-0.2, -0.15) is 13.9 Å². The molecular weight excluding hydrogens is 502 g/mol. The molecule has 0 bridgehead atoms. The Morgan fingerprint density at radius 2 is 1.64 bits per heavy atom. The molecule has 2 N–H and O–H groups in total. The molecule has 0 spiro atoms. The van der Waals surface area contributed by atoms with Crippen LogP contribution in [0.15, 0.2) is 56.5 Å². The van der Waals surface area contributed by atoms with Gasteiger partial charge in [-0.25, -0.2) is 5.43 Å². The van der Waals surface area contributed by atoms with E-state index >= 15 is 0 Å². The van der Waals surface area contributed by atoms with Gasteiger partial charge in [-0.05, 0) is 75.2 Å². The molecule has 0 heterocycles. The summed E-state index contributed by atoms with van der Waals surface area (Å²) in [5.74, 6) is -0.177. The molecule has 0 radical (unpaired) electrons. The van der Waals surface area contributed by atoms with Crippen LogP contribution in [0.3, 0.4) is 0 Å². The number of halogens is 4. The van der Waals surface area contributed by atoms with Crippen molar-refractivity contribution in [2.75, 3.05) is 0 Å². The Morgan fingerprint density at radius 3 is 2.04 bits per heavy atom. The van der Waals surface area contributed by atoms with E-state index in [0.717, 1.165) is 0 Å². The van der Waals surface area contributed by atoms with Gasteiger partial charge in [0, 0.05) is 18.7 Å². The summed E-state index contributed by atoms with van der Waals surface area (Å²) in [6.07, 6.45) is -1.82. The third kappa shape index (κ3) is 10.4. The molecule has 5 nitrogen and oxygen atoms in total. The van der Waals surface area contributed by atoms with E-state index in [2.05, 4.69) is 47.1 Å². The number of amides is 1. The van der Waals surface area contributed by atoms with Gasteiger partial charge in [0.2, 0.25) is 0 Å². The minimum Gasteiger partial charge on any atom is -0.506 e. The van der Waals surface area contributed by atoms with Crippen molar-refractivity contribution in [1.82, 2.24) is 5.43 Å². The molecule has 2 aromatic rings. The van der Waals surface area contributed by atoms with Gasteiger partial charge in [0.15, 0.2) is 0 Å². The molecule has 0 fully saturated rings. The number of ether oxygens (including phenoxy) is 1. The fourth-order valence-electron chi connectivity index (χ4n) is 1.56. The Morgan fingerprint density at radius 1 is 1.14 bits per heavy atom. The number of para-hydroxylation sites is 1. The minimum atomic E-state index is -3.24. The fourth-order valence-corrected chi connectivity index (χ4v) is 2.56. The number of carbonyl (C=O) groups is 1. The molecule has 2 rings (SSSR count). The van der Waals surface area contributed by atoms with Crippen LogP contribution >= 0.6 is 31.9 Å². The first-order valence-electron chi connectivity index (χ1n) is 8.22. The lowest BCUT2D eigenvalue weighted by molar-refractivity contribution is -0.158. The number of hydrazone groups is 1. The molecule has 0 saturated heterocycles. The summed E-state index contributed by atoms with van der Waals surface area (Å²) in [6, 6.07) is 10.7. The van der Waals surface area contributed by atoms with Crippen molar-refractivity contribution in [2.45, 2.75) is 33.8 Å². The van der Waals surface area contributed by atoms with Crippen LogP contribution in [0.5, 0.6) is 11.5 Å². The maximum absolute atomic E-state index is 12.5. The van der Waals surface area contributed by atoms with Gasteiger partial charge in [0.25, 0.3) is 5.91 Å². The number of rotatable bonds is 4. The molecule has 28 heavy (non-hydrogen) atoms. The Kier molecular flexibility index (Phi) is 12.3. The lowest BCUT2D eigenvalue weighted by Crippen LogP contribution is -2.19. The van der Waals surface area contributed by atoms with E-state index in [1.165, 1.54) is 30.5 Å². The number of hydrogen-bond acceptors (Lipinski definition) is 4. The van der Waals surface area contributed by atoms with Crippen LogP contribution in [0.2, 0.25) is 0 Å².